The first-order chi connectivity index (χ1) is 26.6. The van der Waals surface area contributed by atoms with Crippen molar-refractivity contribution in [2.24, 2.45) is 5.41 Å². The fourth-order valence-electron chi connectivity index (χ4n) is 4.72. The Kier molecular flexibility index (Phi) is 19.9. The van der Waals surface area contributed by atoms with E-state index < -0.39 is 28.5 Å². The molecule has 4 N–H and O–H groups in total. The number of Topliss-reactive ketones (excluding diaryl/α,β-unsaturated/α-hetero) is 1. The Morgan fingerprint density at radius 1 is 0.684 bits per heavy atom. The van der Waals surface area contributed by atoms with Crippen molar-refractivity contribution in [3.05, 3.63) is 103 Å². The van der Waals surface area contributed by atoms with Crippen molar-refractivity contribution in [1.82, 2.24) is 0 Å². The Morgan fingerprint density at radius 3 is 1.40 bits per heavy atom. The molecule has 4 rings (SSSR count). The Bertz CT molecular complexity index is 2030. The molecule has 0 aliphatic carbocycles. The van der Waals surface area contributed by atoms with Crippen LogP contribution in [0.3, 0.4) is 0 Å². The summed E-state index contributed by atoms with van der Waals surface area (Å²) in [4.78, 5) is 47.5. The molecule has 0 saturated carbocycles. The summed E-state index contributed by atoms with van der Waals surface area (Å²) in [5.41, 5.74) is 1.27. The number of anilines is 2. The molecule has 0 bridgehead atoms. The number of carbonyl (C=O) groups is 4. The van der Waals surface area contributed by atoms with E-state index in [1.165, 1.54) is 43.5 Å². The summed E-state index contributed by atoms with van der Waals surface area (Å²) in [6.07, 6.45) is 0.387. The molecule has 0 heterocycles. The first kappa shape index (κ1) is 49.4. The lowest BCUT2D eigenvalue weighted by Crippen LogP contribution is -2.15. The van der Waals surface area contributed by atoms with Crippen LogP contribution in [0.2, 0.25) is 20.1 Å². The number of carboxylic acids is 1. The average Bonchev–Trinajstić information content (AvgIpc) is 3.10. The van der Waals surface area contributed by atoms with E-state index in [4.69, 9.17) is 100 Å². The van der Waals surface area contributed by atoms with Crippen LogP contribution in [-0.4, -0.2) is 59.1 Å². The number of benzene rings is 4. The van der Waals surface area contributed by atoms with E-state index in [0.717, 1.165) is 6.07 Å². The van der Waals surface area contributed by atoms with Crippen molar-refractivity contribution in [3.63, 3.8) is 0 Å². The van der Waals surface area contributed by atoms with Crippen molar-refractivity contribution < 1.29 is 43.6 Å². The maximum atomic E-state index is 12.6. The van der Waals surface area contributed by atoms with Gasteiger partial charge in [-0.05, 0) is 67.8 Å². The molecule has 0 spiro atoms. The van der Waals surface area contributed by atoms with Crippen molar-refractivity contribution in [2.45, 2.75) is 41.0 Å². The van der Waals surface area contributed by atoms with E-state index in [1.54, 1.807) is 25.1 Å². The van der Waals surface area contributed by atoms with Gasteiger partial charge in [0.15, 0.2) is 17.3 Å². The number of amides is 2. The molecule has 4 aromatic rings. The molecule has 19 heteroatoms. The van der Waals surface area contributed by atoms with E-state index in [1.807, 2.05) is 27.7 Å². The lowest BCUT2D eigenvalue weighted by atomic mass is 9.87. The Labute approximate surface area is 365 Å². The molecule has 0 aliphatic heterocycles. The van der Waals surface area contributed by atoms with Crippen LogP contribution in [0.25, 0.3) is 0 Å². The van der Waals surface area contributed by atoms with Gasteiger partial charge in [-0.15, -0.1) is 0 Å². The largest absolute Gasteiger partial charge is 0.507 e. The summed E-state index contributed by atoms with van der Waals surface area (Å²) in [5, 5.41) is 24.7. The second-order valence-electron chi connectivity index (χ2n) is 12.7. The normalized spacial score (nSPS) is 10.5. The zero-order valence-electron chi connectivity index (χ0n) is 31.4. The standard InChI is InChI=1S/C22H25Cl2NO4.C16H13Cl2NO5.BCl3/c1-6-29-20-16(23)9-13(10-17(20)24)21(27)25-14-7-8-15(19(11-14)28-5)18(26)12-22(2,3)4;1-2-24-14-11(17)5-8(6-12(14)18)15(21)19-9-3-4-10(16(22)23)13(20)7-9;2-1(3)4/h7-11H,6,12H2,1-5H3,(H,25,27);3-7,20H,2H2,1H3,(H,19,21)(H,22,23);. The third-order valence-corrected chi connectivity index (χ3v) is 8.16. The monoisotopic (exact) mass is 922 g/mol. The minimum Gasteiger partial charge on any atom is -0.507 e. The first-order valence-corrected chi connectivity index (χ1v) is 19.5. The lowest BCUT2D eigenvalue weighted by Gasteiger charge is -2.18. The molecule has 0 saturated heterocycles. The van der Waals surface area contributed by atoms with Crippen LogP contribution in [0.4, 0.5) is 11.4 Å². The Morgan fingerprint density at radius 2 is 1.07 bits per heavy atom. The summed E-state index contributed by atoms with van der Waals surface area (Å²) >= 11 is 38.8. The summed E-state index contributed by atoms with van der Waals surface area (Å²) in [5.74, 6) is -1.62. The van der Waals surface area contributed by atoms with Gasteiger partial charge in [0.05, 0.1) is 46.0 Å². The quantitative estimate of drug-likeness (QED) is 0.0801. The molecule has 0 atom stereocenters. The SMILES string of the molecule is CCOc1c(Cl)cc(C(=O)Nc2ccc(C(=O)CC(C)(C)C)c(OC)c2)cc1Cl.CCOc1c(Cl)cc(C(=O)Nc2ccc(C(=O)O)c(O)c2)cc1Cl.ClB(Cl)Cl. The van der Waals surface area contributed by atoms with Crippen LogP contribution in [0, 0.1) is 5.41 Å². The molecule has 4 aromatic carbocycles. The van der Waals surface area contributed by atoms with Gasteiger partial charge >= 0.3 is 10.9 Å². The van der Waals surface area contributed by atoms with Gasteiger partial charge in [0.2, 0.25) is 0 Å². The van der Waals surface area contributed by atoms with Crippen LogP contribution in [-0.2, 0) is 0 Å². The number of aromatic carboxylic acids is 1. The van der Waals surface area contributed by atoms with Gasteiger partial charge in [-0.1, -0.05) is 67.2 Å². The number of carbonyl (C=O) groups excluding carboxylic acids is 3. The number of carboxylic acid groups (broad SMARTS) is 1. The maximum absolute atomic E-state index is 12.6. The lowest BCUT2D eigenvalue weighted by molar-refractivity contribution is 0.0693. The topological polar surface area (TPSA) is 160 Å². The van der Waals surface area contributed by atoms with E-state index in [2.05, 4.69) is 10.6 Å². The average molecular weight is 926 g/mol. The molecular weight excluding hydrogens is 887 g/mol. The van der Waals surface area contributed by atoms with Gasteiger partial charge in [0.25, 0.3) is 11.8 Å². The van der Waals surface area contributed by atoms with Gasteiger partial charge < -0.3 is 35.1 Å². The van der Waals surface area contributed by atoms with Gasteiger partial charge in [-0.25, -0.2) is 4.79 Å². The van der Waals surface area contributed by atoms with Crippen LogP contribution in [0.5, 0.6) is 23.0 Å². The molecule has 0 aromatic heterocycles. The molecular formula is C38H38BCl7N2O9. The predicted molar refractivity (Wildman–Crippen MR) is 231 cm³/mol. The van der Waals surface area contributed by atoms with E-state index in [-0.39, 0.29) is 53.7 Å². The second kappa shape index (κ2) is 23.0. The highest BCUT2D eigenvalue weighted by Crippen LogP contribution is 2.36. The summed E-state index contributed by atoms with van der Waals surface area (Å²) < 4.78 is 16.0. The Hall–Kier alpha value is -3.75. The van der Waals surface area contributed by atoms with E-state index in [0.29, 0.717) is 48.1 Å². The number of halogens is 7. The minimum absolute atomic E-state index is 0.0164. The summed E-state index contributed by atoms with van der Waals surface area (Å²) in [6.45, 7) is 10.4. The zero-order valence-corrected chi connectivity index (χ0v) is 36.7. The zero-order chi connectivity index (χ0) is 43.2. The number of nitrogens with one attached hydrogen (secondary N) is 2. The van der Waals surface area contributed by atoms with E-state index in [9.17, 15) is 24.3 Å². The third-order valence-electron chi connectivity index (χ3n) is 7.03. The number of methoxy groups -OCH3 is 1. The number of rotatable bonds is 12. The molecule has 2 amide bonds. The van der Waals surface area contributed by atoms with Gasteiger partial charge in [0, 0.05) is 41.1 Å². The molecule has 11 nitrogen and oxygen atoms in total. The summed E-state index contributed by atoms with van der Waals surface area (Å²) in [6, 6.07) is 14.4. The highest BCUT2D eigenvalue weighted by molar-refractivity contribution is 7.54. The maximum Gasteiger partial charge on any atom is 0.450 e. The van der Waals surface area contributed by atoms with E-state index >= 15 is 0 Å². The van der Waals surface area contributed by atoms with Crippen molar-refractivity contribution >= 4 is 121 Å². The Balaban J connectivity index is 0.000000365. The van der Waals surface area contributed by atoms with Crippen LogP contribution in [0.1, 0.15) is 82.5 Å². The van der Waals surface area contributed by atoms with Crippen LogP contribution >= 0.6 is 80.8 Å². The number of phenols is 1. The minimum atomic E-state index is -1.27. The van der Waals surface area contributed by atoms with Gasteiger partial charge in [-0.3, -0.25) is 14.4 Å². The van der Waals surface area contributed by atoms with Crippen LogP contribution in [0.15, 0.2) is 60.7 Å². The number of ether oxygens (including phenoxy) is 3. The van der Waals surface area contributed by atoms with Gasteiger partial charge in [-0.2, -0.15) is 34.4 Å². The molecule has 0 fully saturated rings. The number of ketones is 1. The molecule has 0 unspecified atom stereocenters. The molecule has 0 radical (unpaired) electrons. The smallest absolute Gasteiger partial charge is 0.450 e. The van der Waals surface area contributed by atoms with Crippen LogP contribution < -0.4 is 24.8 Å². The third kappa shape index (κ3) is 15.8. The number of hydrogen-bond acceptors (Lipinski definition) is 8. The number of aromatic hydroxyl groups is 1. The first-order valence-electron chi connectivity index (χ1n) is 16.7. The molecule has 306 valence electrons. The highest BCUT2D eigenvalue weighted by atomic mass is 35.6. The highest BCUT2D eigenvalue weighted by Gasteiger charge is 2.22. The van der Waals surface area contributed by atoms with Crippen molar-refractivity contribution in [2.75, 3.05) is 31.0 Å². The number of hydrogen-bond donors (Lipinski definition) is 4. The summed E-state index contributed by atoms with van der Waals surface area (Å²) in [7, 11) is 1.49. The van der Waals surface area contributed by atoms with Gasteiger partial charge in [0.1, 0.15) is 17.1 Å². The second-order valence-corrected chi connectivity index (χ2v) is 16.3. The fraction of sp³-hybridized carbons (Fsp3) is 0.263. The molecule has 57 heavy (non-hydrogen) atoms. The molecule has 0 aliphatic rings. The van der Waals surface area contributed by atoms with Crippen molar-refractivity contribution in [1.29, 1.82) is 0 Å². The fourth-order valence-corrected chi connectivity index (χ4v) is 5.91. The van der Waals surface area contributed by atoms with Crippen molar-refractivity contribution in [3.8, 4) is 23.0 Å². The predicted octanol–water partition coefficient (Wildman–Crippen LogP) is 12.0.